The fourth-order valence-electron chi connectivity index (χ4n) is 2.11. The Kier molecular flexibility index (Phi) is 7.78. The summed E-state index contributed by atoms with van der Waals surface area (Å²) in [4.78, 5) is 25.5. The van der Waals surface area contributed by atoms with E-state index in [9.17, 15) is 19.8 Å². The molecule has 7 heteroatoms. The van der Waals surface area contributed by atoms with Gasteiger partial charge in [0, 0.05) is 17.4 Å². The first-order valence-corrected chi connectivity index (χ1v) is 9.23. The Labute approximate surface area is 155 Å². The minimum Gasteiger partial charge on any atom is -0.508 e. The molecule has 0 fully saturated rings. The molecule has 0 aromatic heterocycles. The van der Waals surface area contributed by atoms with E-state index >= 15 is 0 Å². The van der Waals surface area contributed by atoms with Crippen molar-refractivity contribution < 1.29 is 24.5 Å². The van der Waals surface area contributed by atoms with Gasteiger partial charge in [0.1, 0.15) is 17.4 Å². The van der Waals surface area contributed by atoms with Crippen molar-refractivity contribution in [2.24, 2.45) is 0 Å². The molecule has 0 heterocycles. The largest absolute Gasteiger partial charge is 0.508 e. The number of aliphatic carboxylic acids is 1. The molecule has 1 rings (SSSR count). The highest BCUT2D eigenvalue weighted by molar-refractivity contribution is 14.1. The third-order valence-electron chi connectivity index (χ3n) is 3.19. The maximum Gasteiger partial charge on any atom is 0.411 e. The molecule has 0 aliphatic carbocycles. The number of carboxylic acids is 1. The highest BCUT2D eigenvalue weighted by atomic mass is 127. The summed E-state index contributed by atoms with van der Waals surface area (Å²) in [5.41, 5.74) is 0.0320. The minimum absolute atomic E-state index is 0.111. The number of nitrogens with zero attached hydrogens (tertiary/aromatic N) is 1. The lowest BCUT2D eigenvalue weighted by Gasteiger charge is -2.31. The lowest BCUT2D eigenvalue weighted by Crippen LogP contribution is -2.48. The van der Waals surface area contributed by atoms with Crippen LogP contribution < -0.4 is 0 Å². The molecule has 1 atom stereocenters. The lowest BCUT2D eigenvalue weighted by atomic mass is 10.0. The SMILES string of the molecule is CC(C)(C)OC(=O)N(CCCI)[C@@H](Cc1ccc(O)cc1)C(=O)O. The van der Waals surface area contributed by atoms with E-state index in [0.717, 1.165) is 9.99 Å². The quantitative estimate of drug-likeness (QED) is 0.492. The first kappa shape index (κ1) is 20.5. The summed E-state index contributed by atoms with van der Waals surface area (Å²) in [6.45, 7) is 5.55. The van der Waals surface area contributed by atoms with Crippen LogP contribution in [0.1, 0.15) is 32.8 Å². The number of carbonyl (C=O) groups is 2. The summed E-state index contributed by atoms with van der Waals surface area (Å²) in [6, 6.07) is 5.27. The molecule has 1 amide bonds. The van der Waals surface area contributed by atoms with Crippen molar-refractivity contribution >= 4 is 34.7 Å². The number of carboxylic acid groups (broad SMARTS) is 1. The molecule has 0 spiro atoms. The van der Waals surface area contributed by atoms with Crippen LogP contribution in [0.2, 0.25) is 0 Å². The molecule has 0 saturated heterocycles. The highest BCUT2D eigenvalue weighted by Crippen LogP contribution is 2.18. The first-order valence-electron chi connectivity index (χ1n) is 7.70. The average molecular weight is 449 g/mol. The Bertz CT molecular complexity index is 553. The van der Waals surface area contributed by atoms with E-state index in [0.29, 0.717) is 13.0 Å². The summed E-state index contributed by atoms with van der Waals surface area (Å²) >= 11 is 2.19. The van der Waals surface area contributed by atoms with E-state index < -0.39 is 23.7 Å². The number of hydrogen-bond acceptors (Lipinski definition) is 4. The van der Waals surface area contributed by atoms with Gasteiger partial charge in [0.15, 0.2) is 0 Å². The Balaban J connectivity index is 3.00. The summed E-state index contributed by atoms with van der Waals surface area (Å²) in [6.07, 6.45) is 0.202. The molecule has 1 aromatic rings. The molecule has 2 N–H and O–H groups in total. The van der Waals surface area contributed by atoms with Crippen molar-refractivity contribution in [3.8, 4) is 5.75 Å². The number of benzene rings is 1. The van der Waals surface area contributed by atoms with E-state index in [1.807, 2.05) is 0 Å². The minimum atomic E-state index is -1.08. The average Bonchev–Trinajstić information content (AvgIpc) is 2.46. The van der Waals surface area contributed by atoms with E-state index in [2.05, 4.69) is 22.6 Å². The van der Waals surface area contributed by atoms with Crippen LogP contribution in [0.25, 0.3) is 0 Å². The molecule has 0 unspecified atom stereocenters. The van der Waals surface area contributed by atoms with E-state index in [4.69, 9.17) is 4.74 Å². The Morgan fingerprint density at radius 1 is 1.25 bits per heavy atom. The second-order valence-electron chi connectivity index (χ2n) is 6.44. The molecule has 0 aliphatic rings. The summed E-state index contributed by atoms with van der Waals surface area (Å²) in [5, 5.41) is 18.9. The summed E-state index contributed by atoms with van der Waals surface area (Å²) < 4.78 is 6.17. The standard InChI is InChI=1S/C17H24INO5/c1-17(2,3)24-16(23)19(10-4-9-18)14(15(21)22)11-12-5-7-13(20)8-6-12/h5-8,14,20H,4,9-11H2,1-3H3,(H,21,22)/t14-/m0/s1. The molecule has 0 radical (unpaired) electrons. The number of ether oxygens (including phenoxy) is 1. The van der Waals surface area contributed by atoms with Gasteiger partial charge < -0.3 is 14.9 Å². The third kappa shape index (κ3) is 6.94. The number of hydrogen-bond donors (Lipinski definition) is 2. The van der Waals surface area contributed by atoms with Crippen molar-refractivity contribution in [1.82, 2.24) is 4.90 Å². The number of rotatable bonds is 7. The number of halogens is 1. The van der Waals surface area contributed by atoms with Crippen LogP contribution in [0.4, 0.5) is 4.79 Å². The van der Waals surface area contributed by atoms with Crippen LogP contribution in [-0.4, -0.2) is 49.8 Å². The number of phenols is 1. The molecule has 24 heavy (non-hydrogen) atoms. The number of alkyl halides is 1. The zero-order valence-electron chi connectivity index (χ0n) is 14.2. The maximum absolute atomic E-state index is 12.5. The van der Waals surface area contributed by atoms with Gasteiger partial charge in [0.05, 0.1) is 0 Å². The predicted octanol–water partition coefficient (Wildman–Crippen LogP) is 3.45. The maximum atomic E-state index is 12.5. The zero-order chi connectivity index (χ0) is 18.3. The number of aromatic hydroxyl groups is 1. The van der Waals surface area contributed by atoms with Gasteiger partial charge >= 0.3 is 12.1 Å². The number of carbonyl (C=O) groups excluding carboxylic acids is 1. The molecular formula is C17H24INO5. The van der Waals surface area contributed by atoms with Gasteiger partial charge in [-0.1, -0.05) is 34.7 Å². The van der Waals surface area contributed by atoms with Gasteiger partial charge in [0.2, 0.25) is 0 Å². The van der Waals surface area contributed by atoms with Crippen molar-refractivity contribution in [2.45, 2.75) is 45.3 Å². The fraction of sp³-hybridized carbons (Fsp3) is 0.529. The van der Waals surface area contributed by atoms with Crippen molar-refractivity contribution in [3.05, 3.63) is 29.8 Å². The molecule has 6 nitrogen and oxygen atoms in total. The topological polar surface area (TPSA) is 87.1 Å². The molecule has 0 bridgehead atoms. The van der Waals surface area contributed by atoms with Crippen molar-refractivity contribution in [3.63, 3.8) is 0 Å². The normalized spacial score (nSPS) is 12.5. The smallest absolute Gasteiger partial charge is 0.411 e. The third-order valence-corrected chi connectivity index (χ3v) is 3.95. The lowest BCUT2D eigenvalue weighted by molar-refractivity contribution is -0.143. The van der Waals surface area contributed by atoms with Crippen LogP contribution in [0, 0.1) is 0 Å². The van der Waals surface area contributed by atoms with Gasteiger partial charge in [-0.2, -0.15) is 0 Å². The molecular weight excluding hydrogens is 425 g/mol. The fourth-order valence-corrected chi connectivity index (χ4v) is 2.45. The van der Waals surface area contributed by atoms with Crippen LogP contribution >= 0.6 is 22.6 Å². The molecule has 0 aliphatic heterocycles. The monoisotopic (exact) mass is 449 g/mol. The van der Waals surface area contributed by atoms with Crippen molar-refractivity contribution in [2.75, 3.05) is 11.0 Å². The van der Waals surface area contributed by atoms with Gasteiger partial charge in [-0.3, -0.25) is 4.90 Å². The van der Waals surface area contributed by atoms with Crippen LogP contribution in [0.3, 0.4) is 0 Å². The zero-order valence-corrected chi connectivity index (χ0v) is 16.3. The van der Waals surface area contributed by atoms with Gasteiger partial charge in [-0.25, -0.2) is 9.59 Å². The Hall–Kier alpha value is -1.51. The second-order valence-corrected chi connectivity index (χ2v) is 7.52. The second kappa shape index (κ2) is 9.10. The van der Waals surface area contributed by atoms with Gasteiger partial charge in [-0.15, -0.1) is 0 Å². The van der Waals surface area contributed by atoms with E-state index in [-0.39, 0.29) is 12.2 Å². The molecule has 134 valence electrons. The van der Waals surface area contributed by atoms with Crippen molar-refractivity contribution in [1.29, 1.82) is 0 Å². The predicted molar refractivity (Wildman–Crippen MR) is 99.7 cm³/mol. The van der Waals surface area contributed by atoms with Gasteiger partial charge in [-0.05, 0) is 44.9 Å². The van der Waals surface area contributed by atoms with E-state index in [1.165, 1.54) is 17.0 Å². The molecule has 0 saturated carbocycles. The molecule has 1 aromatic carbocycles. The Morgan fingerprint density at radius 3 is 2.29 bits per heavy atom. The number of phenolic OH excluding ortho intramolecular Hbond substituents is 1. The highest BCUT2D eigenvalue weighted by Gasteiger charge is 2.32. The Morgan fingerprint density at radius 2 is 1.83 bits per heavy atom. The van der Waals surface area contributed by atoms with Crippen LogP contribution in [0.15, 0.2) is 24.3 Å². The first-order chi connectivity index (χ1) is 11.1. The summed E-state index contributed by atoms with van der Waals surface area (Å²) in [7, 11) is 0. The van der Waals surface area contributed by atoms with Gasteiger partial charge in [0.25, 0.3) is 0 Å². The van der Waals surface area contributed by atoms with Crippen LogP contribution in [0.5, 0.6) is 5.75 Å². The summed E-state index contributed by atoms with van der Waals surface area (Å²) in [5.74, 6) is -0.970. The number of amides is 1. The van der Waals surface area contributed by atoms with E-state index in [1.54, 1.807) is 32.9 Å². The van der Waals surface area contributed by atoms with Crippen LogP contribution in [-0.2, 0) is 16.0 Å².